The van der Waals surface area contributed by atoms with Crippen LogP contribution in [0.15, 0.2) is 27.4 Å². The molecule has 0 fully saturated rings. The smallest absolute Gasteiger partial charge is 0.285 e. The summed E-state index contributed by atoms with van der Waals surface area (Å²) < 4.78 is 18.6. The van der Waals surface area contributed by atoms with Gasteiger partial charge in [-0.25, -0.2) is 4.39 Å². The Balaban J connectivity index is 2.57. The van der Waals surface area contributed by atoms with Gasteiger partial charge in [-0.2, -0.15) is 0 Å². The summed E-state index contributed by atoms with van der Waals surface area (Å²) in [6.07, 6.45) is 0. The fourth-order valence-corrected chi connectivity index (χ4v) is 1.36. The molecule has 0 spiro atoms. The fraction of sp³-hybridized carbons (Fsp3) is 0.111. The highest BCUT2D eigenvalue weighted by atomic mass is 79.9. The maximum atomic E-state index is 13.6. The number of aromatic nitrogens is 2. The summed E-state index contributed by atoms with van der Waals surface area (Å²) in [6.45, 7) is 1.68. The third-order valence-corrected chi connectivity index (χ3v) is 2.14. The van der Waals surface area contributed by atoms with Crippen LogP contribution in [-0.4, -0.2) is 10.2 Å². The molecule has 1 aromatic heterocycles. The first-order valence-corrected chi connectivity index (χ1v) is 4.72. The van der Waals surface area contributed by atoms with E-state index in [1.165, 1.54) is 0 Å². The molecule has 0 aliphatic carbocycles. The molecule has 3 nitrogen and oxygen atoms in total. The Labute approximate surface area is 88.1 Å². The van der Waals surface area contributed by atoms with Crippen molar-refractivity contribution in [3.8, 4) is 11.5 Å². The summed E-state index contributed by atoms with van der Waals surface area (Å²) in [5.41, 5.74) is 0.875. The molecule has 0 N–H and O–H groups in total. The zero-order valence-corrected chi connectivity index (χ0v) is 8.88. The second-order valence-corrected chi connectivity index (χ2v) is 3.48. The van der Waals surface area contributed by atoms with E-state index in [-0.39, 0.29) is 16.5 Å². The molecule has 1 heterocycles. The molecule has 2 rings (SSSR count). The Hall–Kier alpha value is -1.23. The summed E-state index contributed by atoms with van der Waals surface area (Å²) in [5, 5.41) is 7.28. The second-order valence-electron chi connectivity index (χ2n) is 2.80. The quantitative estimate of drug-likeness (QED) is 0.788. The molecule has 0 saturated heterocycles. The molecule has 0 aliphatic rings. The van der Waals surface area contributed by atoms with Gasteiger partial charge in [0.2, 0.25) is 0 Å². The van der Waals surface area contributed by atoms with E-state index in [2.05, 4.69) is 26.1 Å². The van der Waals surface area contributed by atoms with Crippen molar-refractivity contribution in [3.63, 3.8) is 0 Å². The topological polar surface area (TPSA) is 38.9 Å². The SMILES string of the molecule is Cc1cccc(-c2nnc(Br)o2)c1F. The molecule has 14 heavy (non-hydrogen) atoms. The lowest BCUT2D eigenvalue weighted by Gasteiger charge is -1.99. The van der Waals surface area contributed by atoms with Gasteiger partial charge >= 0.3 is 0 Å². The third-order valence-electron chi connectivity index (χ3n) is 1.82. The van der Waals surface area contributed by atoms with E-state index in [4.69, 9.17) is 4.42 Å². The van der Waals surface area contributed by atoms with E-state index in [0.717, 1.165) is 0 Å². The minimum atomic E-state index is -0.330. The normalized spacial score (nSPS) is 10.5. The fourth-order valence-electron chi connectivity index (χ4n) is 1.13. The average molecular weight is 257 g/mol. The van der Waals surface area contributed by atoms with Gasteiger partial charge in [0.05, 0.1) is 5.56 Å². The van der Waals surface area contributed by atoms with E-state index in [1.807, 2.05) is 0 Å². The van der Waals surface area contributed by atoms with Crippen LogP contribution in [0.25, 0.3) is 11.5 Å². The van der Waals surface area contributed by atoms with Crippen LogP contribution >= 0.6 is 15.9 Å². The van der Waals surface area contributed by atoms with Crippen molar-refractivity contribution < 1.29 is 8.81 Å². The molecule has 0 radical (unpaired) electrons. The molecule has 2 aromatic rings. The van der Waals surface area contributed by atoms with Crippen molar-refractivity contribution in [1.82, 2.24) is 10.2 Å². The number of benzene rings is 1. The zero-order valence-electron chi connectivity index (χ0n) is 7.29. The summed E-state index contributed by atoms with van der Waals surface area (Å²) >= 11 is 3.01. The number of hydrogen-bond donors (Lipinski definition) is 0. The summed E-state index contributed by atoms with van der Waals surface area (Å²) in [4.78, 5) is 0.244. The first-order valence-electron chi connectivity index (χ1n) is 3.93. The molecule has 0 unspecified atom stereocenters. The first-order chi connectivity index (χ1) is 6.68. The van der Waals surface area contributed by atoms with Gasteiger partial charge in [-0.15, -0.1) is 10.2 Å². The van der Waals surface area contributed by atoms with Gasteiger partial charge in [0.25, 0.3) is 10.7 Å². The molecule has 0 atom stereocenters. The molecule has 72 valence electrons. The third kappa shape index (κ3) is 1.55. The molecule has 0 bridgehead atoms. The van der Waals surface area contributed by atoms with Gasteiger partial charge < -0.3 is 4.42 Å². The summed E-state index contributed by atoms with van der Waals surface area (Å²) in [6, 6.07) is 5.03. The highest BCUT2D eigenvalue weighted by Crippen LogP contribution is 2.24. The highest BCUT2D eigenvalue weighted by Gasteiger charge is 2.12. The molecule has 0 saturated carbocycles. The maximum absolute atomic E-state index is 13.6. The van der Waals surface area contributed by atoms with E-state index in [0.29, 0.717) is 11.1 Å². The minimum absolute atomic E-state index is 0.179. The number of nitrogens with zero attached hydrogens (tertiary/aromatic N) is 2. The van der Waals surface area contributed by atoms with E-state index >= 15 is 0 Å². The van der Waals surface area contributed by atoms with Gasteiger partial charge in [0.1, 0.15) is 5.82 Å². The van der Waals surface area contributed by atoms with Crippen LogP contribution in [-0.2, 0) is 0 Å². The van der Waals surface area contributed by atoms with Crippen LogP contribution in [0.1, 0.15) is 5.56 Å². The van der Waals surface area contributed by atoms with Crippen molar-refractivity contribution >= 4 is 15.9 Å². The Kier molecular flexibility index (Phi) is 2.33. The van der Waals surface area contributed by atoms with Crippen molar-refractivity contribution in [1.29, 1.82) is 0 Å². The summed E-state index contributed by atoms with van der Waals surface area (Å²) in [7, 11) is 0. The van der Waals surface area contributed by atoms with Crippen molar-refractivity contribution in [2.45, 2.75) is 6.92 Å². The maximum Gasteiger partial charge on any atom is 0.285 e. The zero-order chi connectivity index (χ0) is 10.1. The lowest BCUT2D eigenvalue weighted by Crippen LogP contribution is -1.87. The Morgan fingerprint density at radius 3 is 2.79 bits per heavy atom. The van der Waals surface area contributed by atoms with Crippen molar-refractivity contribution in [2.75, 3.05) is 0 Å². The lowest BCUT2D eigenvalue weighted by atomic mass is 10.1. The monoisotopic (exact) mass is 256 g/mol. The van der Waals surface area contributed by atoms with Gasteiger partial charge in [-0.3, -0.25) is 0 Å². The van der Waals surface area contributed by atoms with E-state index in [9.17, 15) is 4.39 Å². The number of aryl methyl sites for hydroxylation is 1. The van der Waals surface area contributed by atoms with Gasteiger partial charge in [0.15, 0.2) is 0 Å². The second kappa shape index (κ2) is 3.49. The molecule has 5 heteroatoms. The van der Waals surface area contributed by atoms with Crippen LogP contribution in [0.5, 0.6) is 0 Å². The van der Waals surface area contributed by atoms with Crippen LogP contribution in [0.4, 0.5) is 4.39 Å². The standard InChI is InChI=1S/C9H6BrFN2O/c1-5-3-2-4-6(7(5)11)8-12-13-9(10)14-8/h2-4H,1H3. The van der Waals surface area contributed by atoms with Gasteiger partial charge in [-0.05, 0) is 18.6 Å². The Bertz CT molecular complexity index is 470. The van der Waals surface area contributed by atoms with Gasteiger partial charge in [0, 0.05) is 15.9 Å². The van der Waals surface area contributed by atoms with Crippen molar-refractivity contribution in [3.05, 3.63) is 34.4 Å². The molecular weight excluding hydrogens is 251 g/mol. The predicted octanol–water partition coefficient (Wildman–Crippen LogP) is 2.95. The molecule has 0 amide bonds. The first kappa shape index (κ1) is 9.33. The number of halogens is 2. The Morgan fingerprint density at radius 2 is 2.14 bits per heavy atom. The molecule has 0 aliphatic heterocycles. The Morgan fingerprint density at radius 1 is 1.36 bits per heavy atom. The highest BCUT2D eigenvalue weighted by molar-refractivity contribution is 9.10. The van der Waals surface area contributed by atoms with Crippen LogP contribution in [0.2, 0.25) is 0 Å². The van der Waals surface area contributed by atoms with E-state index in [1.54, 1.807) is 25.1 Å². The largest absolute Gasteiger partial charge is 0.411 e. The van der Waals surface area contributed by atoms with Gasteiger partial charge in [-0.1, -0.05) is 12.1 Å². The summed E-state index contributed by atoms with van der Waals surface area (Å²) in [5.74, 6) is -0.151. The average Bonchev–Trinajstić information content (AvgIpc) is 2.57. The van der Waals surface area contributed by atoms with Crippen molar-refractivity contribution in [2.24, 2.45) is 0 Å². The molecule has 1 aromatic carbocycles. The number of rotatable bonds is 1. The van der Waals surface area contributed by atoms with Crippen LogP contribution in [0.3, 0.4) is 0 Å². The lowest BCUT2D eigenvalue weighted by molar-refractivity contribution is 0.532. The number of hydrogen-bond acceptors (Lipinski definition) is 3. The van der Waals surface area contributed by atoms with E-state index < -0.39 is 0 Å². The predicted molar refractivity (Wildman–Crippen MR) is 52.1 cm³/mol. The molecular formula is C9H6BrFN2O. The minimum Gasteiger partial charge on any atom is -0.411 e. The van der Waals surface area contributed by atoms with Crippen LogP contribution < -0.4 is 0 Å². The van der Waals surface area contributed by atoms with Crippen LogP contribution in [0, 0.1) is 12.7 Å².